The molecular formula is C12H26N2O. The number of hydrogen-bond donors (Lipinski definition) is 2. The predicted octanol–water partition coefficient (Wildman–Crippen LogP) is 1.08. The average Bonchev–Trinajstić information content (AvgIpc) is 2.17. The maximum absolute atomic E-state index is 8.93. The monoisotopic (exact) mass is 214 g/mol. The van der Waals surface area contributed by atoms with Crippen molar-refractivity contribution in [2.45, 2.75) is 38.6 Å². The third-order valence-corrected chi connectivity index (χ3v) is 3.44. The van der Waals surface area contributed by atoms with Gasteiger partial charge in [-0.3, -0.25) is 0 Å². The Hall–Kier alpha value is -0.120. The Morgan fingerprint density at radius 2 is 1.93 bits per heavy atom. The molecule has 1 saturated heterocycles. The minimum Gasteiger partial charge on any atom is -0.396 e. The van der Waals surface area contributed by atoms with Gasteiger partial charge in [-0.05, 0) is 65.7 Å². The van der Waals surface area contributed by atoms with Crippen molar-refractivity contribution in [2.24, 2.45) is 5.92 Å². The molecule has 0 aromatic rings. The lowest BCUT2D eigenvalue weighted by Crippen LogP contribution is -2.44. The molecule has 0 spiro atoms. The molecule has 1 aliphatic rings. The van der Waals surface area contributed by atoms with E-state index in [-0.39, 0.29) is 12.1 Å². The fourth-order valence-electron chi connectivity index (χ4n) is 2.05. The van der Waals surface area contributed by atoms with Crippen LogP contribution < -0.4 is 5.32 Å². The van der Waals surface area contributed by atoms with Crippen LogP contribution in [0, 0.1) is 5.92 Å². The highest BCUT2D eigenvalue weighted by molar-refractivity contribution is 4.80. The summed E-state index contributed by atoms with van der Waals surface area (Å²) in [5.41, 5.74) is 0.0814. The molecule has 3 nitrogen and oxygen atoms in total. The highest BCUT2D eigenvalue weighted by atomic mass is 16.3. The van der Waals surface area contributed by atoms with E-state index < -0.39 is 0 Å². The smallest absolute Gasteiger partial charge is 0.0448 e. The van der Waals surface area contributed by atoms with Crippen LogP contribution in [-0.2, 0) is 0 Å². The van der Waals surface area contributed by atoms with Crippen molar-refractivity contribution in [1.29, 1.82) is 0 Å². The van der Waals surface area contributed by atoms with E-state index in [0.29, 0.717) is 0 Å². The molecule has 2 N–H and O–H groups in total. The van der Waals surface area contributed by atoms with Crippen LogP contribution in [0.5, 0.6) is 0 Å². The zero-order chi connectivity index (χ0) is 11.3. The van der Waals surface area contributed by atoms with Gasteiger partial charge in [-0.25, -0.2) is 0 Å². The molecular weight excluding hydrogens is 188 g/mol. The van der Waals surface area contributed by atoms with Gasteiger partial charge in [-0.1, -0.05) is 0 Å². The molecule has 15 heavy (non-hydrogen) atoms. The molecule has 0 saturated carbocycles. The van der Waals surface area contributed by atoms with E-state index in [4.69, 9.17) is 5.11 Å². The molecule has 0 amide bonds. The predicted molar refractivity (Wildman–Crippen MR) is 64.0 cm³/mol. The summed E-state index contributed by atoms with van der Waals surface area (Å²) in [5, 5.41) is 12.5. The van der Waals surface area contributed by atoms with E-state index in [1.807, 2.05) is 0 Å². The summed E-state index contributed by atoms with van der Waals surface area (Å²) < 4.78 is 0. The van der Waals surface area contributed by atoms with Gasteiger partial charge in [0.25, 0.3) is 0 Å². The first kappa shape index (κ1) is 12.9. The second-order valence-corrected chi connectivity index (χ2v) is 5.49. The number of aliphatic hydroxyl groups excluding tert-OH is 1. The fraction of sp³-hybridized carbons (Fsp3) is 1.00. The normalized spacial score (nSPS) is 20.8. The Kier molecular flexibility index (Phi) is 5.03. The maximum atomic E-state index is 8.93. The number of nitrogens with zero attached hydrogens (tertiary/aromatic N) is 1. The zero-order valence-electron chi connectivity index (χ0n) is 10.4. The quantitative estimate of drug-likeness (QED) is 0.719. The van der Waals surface area contributed by atoms with Gasteiger partial charge in [0.2, 0.25) is 0 Å². The third kappa shape index (κ3) is 4.96. The first-order valence-corrected chi connectivity index (χ1v) is 6.08. The Morgan fingerprint density at radius 1 is 1.33 bits per heavy atom. The molecule has 90 valence electrons. The third-order valence-electron chi connectivity index (χ3n) is 3.44. The van der Waals surface area contributed by atoms with Crippen molar-refractivity contribution in [2.75, 3.05) is 33.3 Å². The van der Waals surface area contributed by atoms with Gasteiger partial charge < -0.3 is 15.3 Å². The molecule has 0 aromatic carbocycles. The van der Waals surface area contributed by atoms with Gasteiger partial charge in [-0.15, -0.1) is 0 Å². The van der Waals surface area contributed by atoms with Crippen molar-refractivity contribution in [3.8, 4) is 0 Å². The molecule has 0 aromatic heterocycles. The molecule has 0 unspecified atom stereocenters. The van der Waals surface area contributed by atoms with Crippen LogP contribution in [0.25, 0.3) is 0 Å². The number of likely N-dealkylation sites (tertiary alicyclic amines) is 1. The number of hydrogen-bond acceptors (Lipinski definition) is 3. The Morgan fingerprint density at radius 3 is 2.47 bits per heavy atom. The van der Waals surface area contributed by atoms with Crippen molar-refractivity contribution in [3.05, 3.63) is 0 Å². The highest BCUT2D eigenvalue weighted by Gasteiger charge is 2.21. The van der Waals surface area contributed by atoms with Crippen LogP contribution in [0.4, 0.5) is 0 Å². The molecule has 1 fully saturated rings. The van der Waals surface area contributed by atoms with Crippen LogP contribution in [0.1, 0.15) is 33.1 Å². The van der Waals surface area contributed by atoms with E-state index in [1.165, 1.54) is 25.9 Å². The first-order valence-electron chi connectivity index (χ1n) is 6.08. The fourth-order valence-corrected chi connectivity index (χ4v) is 2.05. The Balaban J connectivity index is 2.19. The van der Waals surface area contributed by atoms with E-state index >= 15 is 0 Å². The van der Waals surface area contributed by atoms with E-state index in [9.17, 15) is 0 Å². The van der Waals surface area contributed by atoms with Crippen molar-refractivity contribution in [3.63, 3.8) is 0 Å². The van der Waals surface area contributed by atoms with Crippen molar-refractivity contribution >= 4 is 0 Å². The van der Waals surface area contributed by atoms with Gasteiger partial charge in [-0.2, -0.15) is 0 Å². The summed E-state index contributed by atoms with van der Waals surface area (Å²) in [4.78, 5) is 2.40. The Labute approximate surface area is 93.9 Å². The lowest BCUT2D eigenvalue weighted by atomic mass is 9.94. The zero-order valence-corrected chi connectivity index (χ0v) is 10.4. The topological polar surface area (TPSA) is 35.5 Å². The Bertz CT molecular complexity index is 174. The maximum Gasteiger partial charge on any atom is 0.0448 e. The average molecular weight is 214 g/mol. The standard InChI is InChI=1S/C12H26N2O/c1-12(2,6-9-15)13-10-11-4-7-14(3)8-5-11/h11,13,15H,4-10H2,1-3H3. The minimum atomic E-state index is 0.0814. The first-order chi connectivity index (χ1) is 7.03. The van der Waals surface area contributed by atoms with Crippen LogP contribution in [0.3, 0.4) is 0 Å². The van der Waals surface area contributed by atoms with Crippen LogP contribution >= 0.6 is 0 Å². The number of rotatable bonds is 5. The largest absolute Gasteiger partial charge is 0.396 e. The SMILES string of the molecule is CN1CCC(CNC(C)(C)CCO)CC1. The molecule has 1 aliphatic heterocycles. The summed E-state index contributed by atoms with van der Waals surface area (Å²) in [7, 11) is 2.19. The summed E-state index contributed by atoms with van der Waals surface area (Å²) in [6.07, 6.45) is 3.44. The van der Waals surface area contributed by atoms with Crippen LogP contribution in [0.15, 0.2) is 0 Å². The molecule has 0 bridgehead atoms. The molecule has 1 heterocycles. The highest BCUT2D eigenvalue weighted by Crippen LogP contribution is 2.16. The summed E-state index contributed by atoms with van der Waals surface area (Å²) in [6.45, 7) is 8.16. The van der Waals surface area contributed by atoms with Gasteiger partial charge >= 0.3 is 0 Å². The van der Waals surface area contributed by atoms with E-state index in [2.05, 4.69) is 31.1 Å². The molecule has 1 rings (SSSR count). The number of aliphatic hydroxyl groups is 1. The van der Waals surface area contributed by atoms with Crippen LogP contribution in [-0.4, -0.2) is 48.8 Å². The molecule has 0 atom stereocenters. The van der Waals surface area contributed by atoms with Gasteiger partial charge in [0.15, 0.2) is 0 Å². The van der Waals surface area contributed by atoms with E-state index in [1.54, 1.807) is 0 Å². The minimum absolute atomic E-state index is 0.0814. The van der Waals surface area contributed by atoms with Crippen molar-refractivity contribution in [1.82, 2.24) is 10.2 Å². The number of piperidine rings is 1. The van der Waals surface area contributed by atoms with Gasteiger partial charge in [0, 0.05) is 12.1 Å². The lowest BCUT2D eigenvalue weighted by Gasteiger charge is -2.33. The van der Waals surface area contributed by atoms with Gasteiger partial charge in [0.05, 0.1) is 0 Å². The van der Waals surface area contributed by atoms with Gasteiger partial charge in [0.1, 0.15) is 0 Å². The molecule has 0 radical (unpaired) electrons. The van der Waals surface area contributed by atoms with Crippen LogP contribution in [0.2, 0.25) is 0 Å². The molecule has 0 aliphatic carbocycles. The summed E-state index contributed by atoms with van der Waals surface area (Å²) >= 11 is 0. The lowest BCUT2D eigenvalue weighted by molar-refractivity contribution is 0.190. The second kappa shape index (κ2) is 5.83. The summed E-state index contributed by atoms with van der Waals surface area (Å²) in [6, 6.07) is 0. The summed E-state index contributed by atoms with van der Waals surface area (Å²) in [5.74, 6) is 0.819. The molecule has 3 heteroatoms. The second-order valence-electron chi connectivity index (χ2n) is 5.49. The number of nitrogens with one attached hydrogen (secondary N) is 1. The van der Waals surface area contributed by atoms with Crippen molar-refractivity contribution < 1.29 is 5.11 Å². The van der Waals surface area contributed by atoms with E-state index in [0.717, 1.165) is 18.9 Å².